The molecular weight excluding hydrogens is 282 g/mol. The van der Waals surface area contributed by atoms with Gasteiger partial charge in [0.15, 0.2) is 6.29 Å². The number of rotatable bonds is 6. The molecule has 0 radical (unpaired) electrons. The van der Waals surface area contributed by atoms with Crippen LogP contribution in [0.15, 0.2) is 24.5 Å². The zero-order valence-corrected chi connectivity index (χ0v) is 12.2. The highest BCUT2D eigenvalue weighted by Gasteiger charge is 2.17. The second-order valence-electron chi connectivity index (χ2n) is 4.19. The minimum Gasteiger partial charge on any atom is -0.376 e. The minimum absolute atomic E-state index is 0.0772. The van der Waals surface area contributed by atoms with Gasteiger partial charge in [0.25, 0.3) is 0 Å². The van der Waals surface area contributed by atoms with Gasteiger partial charge in [0.1, 0.15) is 6.33 Å². The Hall–Kier alpha value is -1.70. The van der Waals surface area contributed by atoms with Crippen LogP contribution in [-0.4, -0.2) is 46.8 Å². The van der Waals surface area contributed by atoms with E-state index in [1.807, 2.05) is 19.1 Å². The molecule has 0 amide bonds. The van der Waals surface area contributed by atoms with Gasteiger partial charge in [-0.2, -0.15) is 0 Å². The predicted octanol–water partition coefficient (Wildman–Crippen LogP) is 1.73. The van der Waals surface area contributed by atoms with Crippen molar-refractivity contribution < 1.29 is 9.47 Å². The lowest BCUT2D eigenvalue weighted by Gasteiger charge is -2.23. The molecule has 0 spiro atoms. The molecule has 0 aliphatic heterocycles. The Kier molecular flexibility index (Phi) is 4.89. The highest BCUT2D eigenvalue weighted by molar-refractivity contribution is 6.33. The molecule has 0 aliphatic carbocycles. The van der Waals surface area contributed by atoms with Crippen molar-refractivity contribution >= 4 is 17.3 Å². The van der Waals surface area contributed by atoms with E-state index in [1.165, 1.54) is 6.33 Å². The van der Waals surface area contributed by atoms with Crippen molar-refractivity contribution in [2.45, 2.75) is 19.3 Å². The summed E-state index contributed by atoms with van der Waals surface area (Å²) in [4.78, 5) is 0. The summed E-state index contributed by atoms with van der Waals surface area (Å²) in [7, 11) is 3.18. The lowest BCUT2D eigenvalue weighted by molar-refractivity contribution is -0.109. The molecule has 1 heterocycles. The van der Waals surface area contributed by atoms with Gasteiger partial charge in [0.05, 0.1) is 22.4 Å². The molecule has 1 aromatic heterocycles. The van der Waals surface area contributed by atoms with Crippen LogP contribution in [0.3, 0.4) is 0 Å². The Morgan fingerprint density at radius 1 is 1.30 bits per heavy atom. The molecule has 108 valence electrons. The number of nitrogens with zero attached hydrogens (tertiary/aromatic N) is 4. The van der Waals surface area contributed by atoms with Crippen LogP contribution in [0.4, 0.5) is 5.69 Å². The molecule has 1 aromatic carbocycles. The van der Waals surface area contributed by atoms with Crippen molar-refractivity contribution in [2.75, 3.05) is 19.5 Å². The van der Waals surface area contributed by atoms with E-state index in [0.717, 1.165) is 11.4 Å². The van der Waals surface area contributed by atoms with E-state index in [4.69, 9.17) is 21.1 Å². The van der Waals surface area contributed by atoms with Crippen molar-refractivity contribution in [3.63, 3.8) is 0 Å². The third-order valence-corrected chi connectivity index (χ3v) is 3.15. The SMILES string of the molecule is COC(OC)C(C)Nc1cc(-n2cnnn2)ccc1Cl. The quantitative estimate of drug-likeness (QED) is 0.819. The molecule has 0 saturated heterocycles. The van der Waals surface area contributed by atoms with Crippen molar-refractivity contribution in [2.24, 2.45) is 0 Å². The van der Waals surface area contributed by atoms with Gasteiger partial charge in [-0.3, -0.25) is 0 Å². The third kappa shape index (κ3) is 3.24. The zero-order valence-electron chi connectivity index (χ0n) is 11.4. The number of methoxy groups -OCH3 is 2. The molecule has 2 aromatic rings. The van der Waals surface area contributed by atoms with Crippen molar-refractivity contribution in [3.05, 3.63) is 29.5 Å². The van der Waals surface area contributed by atoms with Crippen LogP contribution >= 0.6 is 11.6 Å². The highest BCUT2D eigenvalue weighted by atomic mass is 35.5. The van der Waals surface area contributed by atoms with Crippen LogP contribution in [0.5, 0.6) is 0 Å². The first kappa shape index (κ1) is 14.7. The normalized spacial score (nSPS) is 12.7. The fraction of sp³-hybridized carbons (Fsp3) is 0.417. The second kappa shape index (κ2) is 6.65. The standard InChI is InChI=1S/C12H16ClN5O2/c1-8(12(19-2)20-3)15-11-6-9(4-5-10(11)13)18-7-14-16-17-18/h4-8,12,15H,1-3H3. The maximum atomic E-state index is 6.19. The number of aromatic nitrogens is 4. The second-order valence-corrected chi connectivity index (χ2v) is 4.60. The van der Waals surface area contributed by atoms with Gasteiger partial charge in [-0.1, -0.05) is 11.6 Å². The number of tetrazole rings is 1. The van der Waals surface area contributed by atoms with Crippen LogP contribution in [0.2, 0.25) is 5.02 Å². The van der Waals surface area contributed by atoms with Gasteiger partial charge in [0, 0.05) is 14.2 Å². The number of hydrogen-bond acceptors (Lipinski definition) is 6. The molecule has 20 heavy (non-hydrogen) atoms. The molecule has 0 saturated carbocycles. The zero-order chi connectivity index (χ0) is 14.5. The maximum Gasteiger partial charge on any atom is 0.176 e. The number of halogens is 1. The van der Waals surface area contributed by atoms with Gasteiger partial charge in [-0.25, -0.2) is 4.68 Å². The molecule has 0 aliphatic rings. The number of anilines is 1. The van der Waals surface area contributed by atoms with Crippen LogP contribution in [-0.2, 0) is 9.47 Å². The molecule has 2 rings (SSSR count). The van der Waals surface area contributed by atoms with Gasteiger partial charge in [0.2, 0.25) is 0 Å². The third-order valence-electron chi connectivity index (χ3n) is 2.82. The summed E-state index contributed by atoms with van der Waals surface area (Å²) in [5.74, 6) is 0. The van der Waals surface area contributed by atoms with Gasteiger partial charge >= 0.3 is 0 Å². The van der Waals surface area contributed by atoms with E-state index in [9.17, 15) is 0 Å². The van der Waals surface area contributed by atoms with Crippen LogP contribution in [0.1, 0.15) is 6.92 Å². The van der Waals surface area contributed by atoms with E-state index in [1.54, 1.807) is 25.0 Å². The molecule has 8 heteroatoms. The molecule has 1 N–H and O–H groups in total. The van der Waals surface area contributed by atoms with Gasteiger partial charge in [-0.05, 0) is 35.5 Å². The first-order valence-electron chi connectivity index (χ1n) is 6.00. The lowest BCUT2D eigenvalue weighted by Crippen LogP contribution is -2.33. The summed E-state index contributed by atoms with van der Waals surface area (Å²) < 4.78 is 12.0. The Morgan fingerprint density at radius 3 is 2.65 bits per heavy atom. The van der Waals surface area contributed by atoms with Gasteiger partial charge in [-0.15, -0.1) is 5.10 Å². The maximum absolute atomic E-state index is 6.19. The van der Waals surface area contributed by atoms with E-state index in [0.29, 0.717) is 5.02 Å². The Bertz CT molecular complexity index is 545. The van der Waals surface area contributed by atoms with Crippen molar-refractivity contribution in [1.29, 1.82) is 0 Å². The molecule has 0 fully saturated rings. The predicted molar refractivity (Wildman–Crippen MR) is 75.1 cm³/mol. The summed E-state index contributed by atoms with van der Waals surface area (Å²) in [6.45, 7) is 1.94. The van der Waals surface area contributed by atoms with E-state index in [-0.39, 0.29) is 12.3 Å². The average Bonchev–Trinajstić information content (AvgIpc) is 2.96. The summed E-state index contributed by atoms with van der Waals surface area (Å²) in [6.07, 6.45) is 1.14. The first-order valence-corrected chi connectivity index (χ1v) is 6.38. The highest BCUT2D eigenvalue weighted by Crippen LogP contribution is 2.25. The fourth-order valence-electron chi connectivity index (χ4n) is 1.86. The summed E-state index contributed by atoms with van der Waals surface area (Å²) in [5, 5.41) is 14.9. The molecule has 1 atom stereocenters. The van der Waals surface area contributed by atoms with Crippen LogP contribution in [0.25, 0.3) is 5.69 Å². The lowest BCUT2D eigenvalue weighted by atomic mass is 10.2. The van der Waals surface area contributed by atoms with Crippen LogP contribution < -0.4 is 5.32 Å². The Balaban J connectivity index is 2.21. The Labute approximate surface area is 121 Å². The topological polar surface area (TPSA) is 74.1 Å². The molecule has 1 unspecified atom stereocenters. The van der Waals surface area contributed by atoms with E-state index >= 15 is 0 Å². The monoisotopic (exact) mass is 297 g/mol. The first-order chi connectivity index (χ1) is 9.65. The summed E-state index contributed by atoms with van der Waals surface area (Å²) in [6, 6.07) is 5.39. The van der Waals surface area contributed by atoms with Crippen LogP contribution in [0, 0.1) is 0 Å². The van der Waals surface area contributed by atoms with Crippen molar-refractivity contribution in [3.8, 4) is 5.69 Å². The number of ether oxygens (including phenoxy) is 2. The van der Waals surface area contributed by atoms with Gasteiger partial charge < -0.3 is 14.8 Å². The molecule has 0 bridgehead atoms. The minimum atomic E-state index is -0.372. The Morgan fingerprint density at radius 2 is 2.05 bits per heavy atom. The largest absolute Gasteiger partial charge is 0.376 e. The summed E-state index contributed by atoms with van der Waals surface area (Å²) >= 11 is 6.19. The van der Waals surface area contributed by atoms with E-state index in [2.05, 4.69) is 20.8 Å². The van der Waals surface area contributed by atoms with E-state index < -0.39 is 0 Å². The number of nitrogens with one attached hydrogen (secondary N) is 1. The smallest absolute Gasteiger partial charge is 0.176 e. The number of hydrogen-bond donors (Lipinski definition) is 1. The summed E-state index contributed by atoms with van der Waals surface area (Å²) in [5.41, 5.74) is 1.56. The van der Waals surface area contributed by atoms with Crippen molar-refractivity contribution in [1.82, 2.24) is 20.2 Å². The number of benzene rings is 1. The fourth-order valence-corrected chi connectivity index (χ4v) is 2.04. The average molecular weight is 298 g/mol. The molecular formula is C12H16ClN5O2. The molecule has 7 nitrogen and oxygen atoms in total.